The van der Waals surface area contributed by atoms with Crippen LogP contribution in [0.25, 0.3) is 0 Å². The van der Waals surface area contributed by atoms with Gasteiger partial charge in [-0.3, -0.25) is 0 Å². The van der Waals surface area contributed by atoms with E-state index in [-0.39, 0.29) is 5.56 Å². The molecule has 80 valence electrons. The van der Waals surface area contributed by atoms with Gasteiger partial charge in [-0.1, -0.05) is 0 Å². The van der Waals surface area contributed by atoms with Gasteiger partial charge in [-0.25, -0.2) is 4.39 Å². The second kappa shape index (κ2) is 3.87. The van der Waals surface area contributed by atoms with Crippen molar-refractivity contribution in [3.05, 3.63) is 34.6 Å². The molecule has 0 aliphatic carbocycles. The van der Waals surface area contributed by atoms with Gasteiger partial charge >= 0.3 is 6.18 Å². The molecule has 0 aromatic heterocycles. The van der Waals surface area contributed by atoms with Gasteiger partial charge < -0.3 is 5.11 Å². The molecule has 0 heterocycles. The summed E-state index contributed by atoms with van der Waals surface area (Å²) in [4.78, 5) is 0. The maximum absolute atomic E-state index is 13.0. The molecule has 0 amide bonds. The van der Waals surface area contributed by atoms with Crippen LogP contribution in [0.2, 0.25) is 0 Å². The van der Waals surface area contributed by atoms with Crippen LogP contribution in [0, 0.1) is 17.1 Å². The predicted molar refractivity (Wildman–Crippen MR) is 42.0 cm³/mol. The fourth-order valence-corrected chi connectivity index (χ4v) is 1.09. The van der Waals surface area contributed by atoms with Crippen molar-refractivity contribution in [1.82, 2.24) is 0 Å². The minimum absolute atomic E-state index is 0.223. The minimum Gasteiger partial charge on any atom is -0.392 e. The summed E-state index contributed by atoms with van der Waals surface area (Å²) in [7, 11) is 0. The summed E-state index contributed by atoms with van der Waals surface area (Å²) in [5.41, 5.74) is -2.65. The molecule has 1 rings (SSSR count). The molecule has 0 aliphatic heterocycles. The Balaban J connectivity index is 3.48. The van der Waals surface area contributed by atoms with Crippen LogP contribution < -0.4 is 0 Å². The summed E-state index contributed by atoms with van der Waals surface area (Å²) in [5.74, 6) is -1.28. The molecule has 0 radical (unpaired) electrons. The second-order valence-corrected chi connectivity index (χ2v) is 2.77. The molecule has 0 saturated heterocycles. The van der Waals surface area contributed by atoms with E-state index >= 15 is 0 Å². The Morgan fingerprint density at radius 2 is 1.93 bits per heavy atom. The zero-order valence-electron chi connectivity index (χ0n) is 7.27. The fraction of sp³-hybridized carbons (Fsp3) is 0.222. The van der Waals surface area contributed by atoms with Crippen LogP contribution in [0.5, 0.6) is 0 Å². The van der Waals surface area contributed by atoms with Gasteiger partial charge in [0.1, 0.15) is 11.9 Å². The molecular formula is C9H5F4NO. The summed E-state index contributed by atoms with van der Waals surface area (Å²) >= 11 is 0. The molecule has 0 fully saturated rings. The minimum atomic E-state index is -4.81. The van der Waals surface area contributed by atoms with Crippen molar-refractivity contribution in [3.63, 3.8) is 0 Å². The summed E-state index contributed by atoms with van der Waals surface area (Å²) in [6.07, 6.45) is -4.81. The average Bonchev–Trinajstić information content (AvgIpc) is 2.15. The molecular weight excluding hydrogens is 214 g/mol. The molecule has 1 aromatic carbocycles. The lowest BCUT2D eigenvalue weighted by Gasteiger charge is -2.10. The highest BCUT2D eigenvalue weighted by molar-refractivity contribution is 5.43. The SMILES string of the molecule is N#Cc1c(F)cc(CO)cc1C(F)(F)F. The Kier molecular flexibility index (Phi) is 2.95. The number of nitrogens with zero attached hydrogens (tertiary/aromatic N) is 1. The number of alkyl halides is 3. The average molecular weight is 219 g/mol. The summed E-state index contributed by atoms with van der Waals surface area (Å²) in [6.45, 7) is -0.717. The molecule has 0 atom stereocenters. The van der Waals surface area contributed by atoms with Gasteiger partial charge in [0.05, 0.1) is 17.7 Å². The van der Waals surface area contributed by atoms with Crippen molar-refractivity contribution < 1.29 is 22.7 Å². The standard InChI is InChI=1S/C9H5F4NO/c10-8-2-5(4-15)1-7(6(8)3-14)9(11,12)13/h1-2,15H,4H2. The topological polar surface area (TPSA) is 44.0 Å². The van der Waals surface area contributed by atoms with Crippen LogP contribution in [0.15, 0.2) is 12.1 Å². The van der Waals surface area contributed by atoms with Crippen molar-refractivity contribution in [2.24, 2.45) is 0 Å². The molecule has 1 N–H and O–H groups in total. The van der Waals surface area contributed by atoms with Crippen molar-refractivity contribution in [2.75, 3.05) is 0 Å². The molecule has 0 aliphatic rings. The Morgan fingerprint density at radius 1 is 1.33 bits per heavy atom. The Morgan fingerprint density at radius 3 is 2.33 bits per heavy atom. The number of hydrogen-bond acceptors (Lipinski definition) is 2. The van der Waals surface area contributed by atoms with Gasteiger partial charge in [0.2, 0.25) is 0 Å². The van der Waals surface area contributed by atoms with Gasteiger partial charge in [0, 0.05) is 0 Å². The maximum Gasteiger partial charge on any atom is 0.417 e. The molecule has 0 bridgehead atoms. The van der Waals surface area contributed by atoms with E-state index < -0.39 is 29.7 Å². The molecule has 1 aromatic rings. The first-order valence-electron chi connectivity index (χ1n) is 3.80. The zero-order valence-corrected chi connectivity index (χ0v) is 7.27. The zero-order chi connectivity index (χ0) is 11.6. The van der Waals surface area contributed by atoms with E-state index in [4.69, 9.17) is 10.4 Å². The fourth-order valence-electron chi connectivity index (χ4n) is 1.09. The number of halogens is 4. The number of aliphatic hydroxyl groups is 1. The third-order valence-electron chi connectivity index (χ3n) is 1.75. The third kappa shape index (κ3) is 2.25. The smallest absolute Gasteiger partial charge is 0.392 e. The van der Waals surface area contributed by atoms with Crippen LogP contribution in [-0.4, -0.2) is 5.11 Å². The van der Waals surface area contributed by atoms with Crippen molar-refractivity contribution >= 4 is 0 Å². The monoisotopic (exact) mass is 219 g/mol. The number of rotatable bonds is 1. The summed E-state index contributed by atoms with van der Waals surface area (Å²) in [5, 5.41) is 17.0. The lowest BCUT2D eigenvalue weighted by molar-refractivity contribution is -0.138. The predicted octanol–water partition coefficient (Wildman–Crippen LogP) is 2.21. The largest absolute Gasteiger partial charge is 0.417 e. The Bertz CT molecular complexity index is 419. The highest BCUT2D eigenvalue weighted by Gasteiger charge is 2.35. The van der Waals surface area contributed by atoms with Crippen LogP contribution in [0.1, 0.15) is 16.7 Å². The van der Waals surface area contributed by atoms with Gasteiger partial charge in [-0.05, 0) is 17.7 Å². The number of aliphatic hydroxyl groups excluding tert-OH is 1. The van der Waals surface area contributed by atoms with Gasteiger partial charge in [0.15, 0.2) is 0 Å². The van der Waals surface area contributed by atoms with Crippen LogP contribution in [0.4, 0.5) is 17.6 Å². The van der Waals surface area contributed by atoms with E-state index in [0.29, 0.717) is 12.1 Å². The number of hydrogen-bond donors (Lipinski definition) is 1. The Hall–Kier alpha value is -1.61. The molecule has 0 unspecified atom stereocenters. The second-order valence-electron chi connectivity index (χ2n) is 2.77. The third-order valence-corrected chi connectivity index (χ3v) is 1.75. The maximum atomic E-state index is 13.0. The molecule has 0 saturated carbocycles. The van der Waals surface area contributed by atoms with Crippen LogP contribution in [0.3, 0.4) is 0 Å². The first-order valence-corrected chi connectivity index (χ1v) is 3.80. The van der Waals surface area contributed by atoms with Crippen molar-refractivity contribution in [2.45, 2.75) is 12.8 Å². The van der Waals surface area contributed by atoms with Gasteiger partial charge in [-0.2, -0.15) is 18.4 Å². The van der Waals surface area contributed by atoms with E-state index in [1.807, 2.05) is 0 Å². The van der Waals surface area contributed by atoms with E-state index in [1.54, 1.807) is 0 Å². The first-order chi connectivity index (χ1) is 6.90. The number of benzene rings is 1. The van der Waals surface area contributed by atoms with Crippen LogP contribution in [-0.2, 0) is 12.8 Å². The van der Waals surface area contributed by atoms with Gasteiger partial charge in [0.25, 0.3) is 0 Å². The Labute approximate surface area is 82.4 Å². The normalized spacial score (nSPS) is 11.2. The highest BCUT2D eigenvalue weighted by Crippen LogP contribution is 2.33. The van der Waals surface area contributed by atoms with Crippen molar-refractivity contribution in [3.8, 4) is 6.07 Å². The molecule has 2 nitrogen and oxygen atoms in total. The summed E-state index contributed by atoms with van der Waals surface area (Å²) < 4.78 is 50.0. The van der Waals surface area contributed by atoms with Crippen molar-refractivity contribution in [1.29, 1.82) is 5.26 Å². The highest BCUT2D eigenvalue weighted by atomic mass is 19.4. The van der Waals surface area contributed by atoms with Crippen LogP contribution >= 0.6 is 0 Å². The van der Waals surface area contributed by atoms with E-state index in [2.05, 4.69) is 0 Å². The van der Waals surface area contributed by atoms with E-state index in [9.17, 15) is 17.6 Å². The van der Waals surface area contributed by atoms with E-state index in [1.165, 1.54) is 0 Å². The van der Waals surface area contributed by atoms with Gasteiger partial charge in [-0.15, -0.1) is 0 Å². The lowest BCUT2D eigenvalue weighted by atomic mass is 10.0. The molecule has 15 heavy (non-hydrogen) atoms. The summed E-state index contributed by atoms with van der Waals surface area (Å²) in [6, 6.07) is 2.40. The number of nitriles is 1. The first kappa shape index (κ1) is 11.5. The lowest BCUT2D eigenvalue weighted by Crippen LogP contribution is -2.10. The van der Waals surface area contributed by atoms with E-state index in [0.717, 1.165) is 6.07 Å². The molecule has 0 spiro atoms. The quantitative estimate of drug-likeness (QED) is 0.736. The molecule has 6 heteroatoms.